The summed E-state index contributed by atoms with van der Waals surface area (Å²) in [5, 5.41) is 12.6. The molecule has 0 atom stereocenters. The molecule has 0 fully saturated rings. The maximum absolute atomic E-state index is 5.08. The highest BCUT2D eigenvalue weighted by Gasteiger charge is 2.10. The molecule has 9 nitrogen and oxygen atoms in total. The predicted octanol–water partition coefficient (Wildman–Crippen LogP) is 2.97. The maximum atomic E-state index is 5.08. The molecule has 142 valence electrons. The second-order valence-corrected chi connectivity index (χ2v) is 6.39. The maximum Gasteiger partial charge on any atom is 0.221 e. The molecule has 5 aromatic rings. The van der Waals surface area contributed by atoms with E-state index in [9.17, 15) is 0 Å². The minimum absolute atomic E-state index is 0.492. The van der Waals surface area contributed by atoms with Crippen LogP contribution in [0.5, 0.6) is 5.88 Å². The Morgan fingerprint density at radius 2 is 2.00 bits per heavy atom. The van der Waals surface area contributed by atoms with E-state index >= 15 is 0 Å². The Kier molecular flexibility index (Phi) is 4.17. The summed E-state index contributed by atoms with van der Waals surface area (Å²) >= 11 is 0. The first kappa shape index (κ1) is 17.0. The van der Waals surface area contributed by atoms with Gasteiger partial charge in [0.2, 0.25) is 11.5 Å². The molecular weight excluding hydrogens is 368 g/mol. The molecule has 0 aliphatic carbocycles. The lowest BCUT2D eigenvalue weighted by Gasteiger charge is -2.07. The van der Waals surface area contributed by atoms with Gasteiger partial charge in [0, 0.05) is 17.6 Å². The van der Waals surface area contributed by atoms with Crippen molar-refractivity contribution in [1.82, 2.24) is 34.9 Å². The molecule has 5 rings (SSSR count). The third-order valence-corrected chi connectivity index (χ3v) is 4.45. The van der Waals surface area contributed by atoms with Crippen LogP contribution in [0.3, 0.4) is 0 Å². The van der Waals surface area contributed by atoms with E-state index in [1.165, 1.54) is 0 Å². The number of nitrogens with zero attached hydrogens (tertiary/aromatic N) is 7. The van der Waals surface area contributed by atoms with Gasteiger partial charge in [0.25, 0.3) is 0 Å². The average molecular weight is 384 g/mol. The van der Waals surface area contributed by atoms with Gasteiger partial charge in [-0.25, -0.2) is 19.6 Å². The number of benzene rings is 1. The second kappa shape index (κ2) is 7.12. The molecule has 9 heteroatoms. The van der Waals surface area contributed by atoms with Gasteiger partial charge in [-0.1, -0.05) is 17.3 Å². The lowest BCUT2D eigenvalue weighted by Crippen LogP contribution is -2.04. The Balaban J connectivity index is 1.43. The third-order valence-electron chi connectivity index (χ3n) is 4.45. The summed E-state index contributed by atoms with van der Waals surface area (Å²) in [6.07, 6.45) is 5.08. The third kappa shape index (κ3) is 3.41. The number of ether oxygens (including phenoxy) is 1. The lowest BCUT2D eigenvalue weighted by molar-refractivity contribution is 0.398. The van der Waals surface area contributed by atoms with Crippen molar-refractivity contribution in [2.24, 2.45) is 0 Å². The molecule has 0 amide bonds. The molecule has 1 N–H and O–H groups in total. The Morgan fingerprint density at radius 1 is 1.03 bits per heavy atom. The van der Waals surface area contributed by atoms with Crippen molar-refractivity contribution < 1.29 is 4.74 Å². The molecule has 0 saturated heterocycles. The molecule has 0 aliphatic heterocycles. The number of methoxy groups -OCH3 is 1. The van der Waals surface area contributed by atoms with Crippen LogP contribution >= 0.6 is 0 Å². The highest BCUT2D eigenvalue weighted by molar-refractivity contribution is 5.79. The van der Waals surface area contributed by atoms with Crippen molar-refractivity contribution >= 4 is 33.7 Å². The van der Waals surface area contributed by atoms with Crippen LogP contribution in [-0.4, -0.2) is 42.0 Å². The Labute approximate surface area is 165 Å². The molecule has 0 aliphatic rings. The lowest BCUT2D eigenvalue weighted by atomic mass is 10.1. The van der Waals surface area contributed by atoms with E-state index in [4.69, 9.17) is 4.74 Å². The SMILES string of the molecule is COc1ccc(Nc2cnc3nnn(Cc4ccc5ncccc5c4)c3n2)cn1. The first-order valence-electron chi connectivity index (χ1n) is 8.95. The number of anilines is 2. The van der Waals surface area contributed by atoms with Crippen molar-refractivity contribution in [3.63, 3.8) is 0 Å². The van der Waals surface area contributed by atoms with Gasteiger partial charge in [0.05, 0.1) is 37.3 Å². The number of rotatable bonds is 5. The van der Waals surface area contributed by atoms with Gasteiger partial charge in [-0.05, 0) is 29.8 Å². The Hall–Kier alpha value is -4.14. The zero-order valence-electron chi connectivity index (χ0n) is 15.5. The van der Waals surface area contributed by atoms with Crippen molar-refractivity contribution in [2.75, 3.05) is 12.4 Å². The first-order valence-corrected chi connectivity index (χ1v) is 8.95. The number of fused-ring (bicyclic) bond motifs is 2. The molecule has 0 saturated carbocycles. The smallest absolute Gasteiger partial charge is 0.221 e. The number of hydrogen-bond acceptors (Lipinski definition) is 8. The monoisotopic (exact) mass is 384 g/mol. The zero-order valence-corrected chi connectivity index (χ0v) is 15.5. The minimum Gasteiger partial charge on any atom is -0.481 e. The van der Waals surface area contributed by atoms with Crippen molar-refractivity contribution in [2.45, 2.75) is 6.54 Å². The topological polar surface area (TPSA) is 104 Å². The molecule has 0 radical (unpaired) electrons. The van der Waals surface area contributed by atoms with Crippen LogP contribution in [0, 0.1) is 0 Å². The standard InChI is InChI=1S/C20H16N8O/c1-29-18-7-5-15(10-22-18)24-17-11-23-19-20(25-17)28(27-26-19)12-13-4-6-16-14(9-13)3-2-8-21-16/h2-11H,12H2,1H3,(H,24,25). The predicted molar refractivity (Wildman–Crippen MR) is 108 cm³/mol. The number of hydrogen-bond donors (Lipinski definition) is 1. The summed E-state index contributed by atoms with van der Waals surface area (Å²) < 4.78 is 6.81. The van der Waals surface area contributed by atoms with Crippen LogP contribution in [0.4, 0.5) is 11.5 Å². The van der Waals surface area contributed by atoms with Gasteiger partial charge in [-0.2, -0.15) is 0 Å². The molecule has 0 bridgehead atoms. The minimum atomic E-state index is 0.492. The second-order valence-electron chi connectivity index (χ2n) is 6.39. The van der Waals surface area contributed by atoms with E-state index in [2.05, 4.69) is 41.6 Å². The van der Waals surface area contributed by atoms with E-state index in [1.807, 2.05) is 30.3 Å². The van der Waals surface area contributed by atoms with Gasteiger partial charge >= 0.3 is 0 Å². The summed E-state index contributed by atoms with van der Waals surface area (Å²) in [7, 11) is 1.58. The summed E-state index contributed by atoms with van der Waals surface area (Å²) in [4.78, 5) is 17.5. The fourth-order valence-corrected chi connectivity index (χ4v) is 3.04. The highest BCUT2D eigenvalue weighted by atomic mass is 16.5. The largest absolute Gasteiger partial charge is 0.481 e. The van der Waals surface area contributed by atoms with Crippen LogP contribution in [0.25, 0.3) is 22.2 Å². The highest BCUT2D eigenvalue weighted by Crippen LogP contribution is 2.19. The van der Waals surface area contributed by atoms with Crippen LogP contribution < -0.4 is 10.1 Å². The van der Waals surface area contributed by atoms with Crippen molar-refractivity contribution in [3.05, 3.63) is 66.6 Å². The number of pyridine rings is 2. The fraction of sp³-hybridized carbons (Fsp3) is 0.100. The summed E-state index contributed by atoms with van der Waals surface area (Å²) in [5.41, 5.74) is 3.91. The molecule has 1 aromatic carbocycles. The normalized spacial score (nSPS) is 11.1. The van der Waals surface area contributed by atoms with E-state index in [0.29, 0.717) is 29.5 Å². The van der Waals surface area contributed by atoms with Crippen molar-refractivity contribution in [1.29, 1.82) is 0 Å². The van der Waals surface area contributed by atoms with Crippen LogP contribution in [0.2, 0.25) is 0 Å². The van der Waals surface area contributed by atoms with E-state index in [1.54, 1.807) is 36.4 Å². The fourth-order valence-electron chi connectivity index (χ4n) is 3.04. The summed E-state index contributed by atoms with van der Waals surface area (Å²) in [5.74, 6) is 1.13. The Bertz CT molecular complexity index is 1300. The number of aromatic nitrogens is 7. The van der Waals surface area contributed by atoms with Gasteiger partial charge in [-0.15, -0.1) is 5.10 Å². The van der Waals surface area contributed by atoms with Crippen LogP contribution in [-0.2, 0) is 6.54 Å². The van der Waals surface area contributed by atoms with Crippen LogP contribution in [0.1, 0.15) is 5.56 Å². The van der Waals surface area contributed by atoms with E-state index in [0.717, 1.165) is 22.2 Å². The molecule has 4 aromatic heterocycles. The van der Waals surface area contributed by atoms with E-state index < -0.39 is 0 Å². The summed E-state index contributed by atoms with van der Waals surface area (Å²) in [6, 6.07) is 13.7. The molecule has 0 spiro atoms. The number of nitrogens with one attached hydrogen (secondary N) is 1. The van der Waals surface area contributed by atoms with Crippen molar-refractivity contribution in [3.8, 4) is 5.88 Å². The molecule has 0 unspecified atom stereocenters. The van der Waals surface area contributed by atoms with Crippen LogP contribution in [0.15, 0.2) is 61.1 Å². The van der Waals surface area contributed by atoms with Gasteiger partial charge in [0.1, 0.15) is 0 Å². The molecular formula is C20H16N8O. The Morgan fingerprint density at radius 3 is 2.86 bits per heavy atom. The first-order chi connectivity index (χ1) is 14.3. The molecule has 29 heavy (non-hydrogen) atoms. The van der Waals surface area contributed by atoms with Gasteiger partial charge in [0.15, 0.2) is 11.5 Å². The average Bonchev–Trinajstić information content (AvgIpc) is 3.16. The van der Waals surface area contributed by atoms with E-state index in [-0.39, 0.29) is 0 Å². The zero-order chi connectivity index (χ0) is 19.6. The molecule has 4 heterocycles. The van der Waals surface area contributed by atoms with Gasteiger partial charge < -0.3 is 10.1 Å². The summed E-state index contributed by atoms with van der Waals surface area (Å²) in [6.45, 7) is 0.531. The quantitative estimate of drug-likeness (QED) is 0.493. The van der Waals surface area contributed by atoms with Gasteiger partial charge in [-0.3, -0.25) is 4.98 Å².